The van der Waals surface area contributed by atoms with Crippen molar-refractivity contribution >= 4 is 11.8 Å². The van der Waals surface area contributed by atoms with Crippen molar-refractivity contribution in [3.05, 3.63) is 5.82 Å². The highest BCUT2D eigenvalue weighted by atomic mass is 32.2. The number of rotatable bonds is 5. The molecule has 0 saturated heterocycles. The fourth-order valence-electron chi connectivity index (χ4n) is 2.37. The lowest BCUT2D eigenvalue weighted by molar-refractivity contribution is 0.410. The van der Waals surface area contributed by atoms with E-state index in [1.807, 2.05) is 6.92 Å². The van der Waals surface area contributed by atoms with Crippen LogP contribution in [-0.4, -0.2) is 34.0 Å². The summed E-state index contributed by atoms with van der Waals surface area (Å²) in [6, 6.07) is 0.603. The van der Waals surface area contributed by atoms with Crippen LogP contribution in [0.25, 0.3) is 0 Å². The molecule has 0 aliphatic heterocycles. The summed E-state index contributed by atoms with van der Waals surface area (Å²) in [6.45, 7) is 1.93. The predicted octanol–water partition coefficient (Wildman–Crippen LogP) is 1.98. The summed E-state index contributed by atoms with van der Waals surface area (Å²) in [7, 11) is 2.06. The topological polar surface area (TPSA) is 53.6 Å². The van der Waals surface area contributed by atoms with Gasteiger partial charge < -0.3 is 5.32 Å². The lowest BCUT2D eigenvalue weighted by Crippen LogP contribution is -2.34. The third kappa shape index (κ3) is 2.98. The van der Waals surface area contributed by atoms with Crippen molar-refractivity contribution in [2.75, 3.05) is 12.8 Å². The van der Waals surface area contributed by atoms with Crippen molar-refractivity contribution in [2.45, 2.75) is 43.8 Å². The minimum absolute atomic E-state index is 0.603. The Bertz CT molecular complexity index is 320. The smallest absolute Gasteiger partial charge is 0.208 e. The highest BCUT2D eigenvalue weighted by Crippen LogP contribution is 2.29. The zero-order valence-corrected chi connectivity index (χ0v) is 10.8. The normalized spacial score (nSPS) is 19.1. The number of nitrogens with zero attached hydrogens (tertiary/aromatic N) is 2. The molecule has 16 heavy (non-hydrogen) atoms. The van der Waals surface area contributed by atoms with Crippen LogP contribution in [-0.2, 0) is 0 Å². The van der Waals surface area contributed by atoms with Crippen molar-refractivity contribution in [3.8, 4) is 0 Å². The van der Waals surface area contributed by atoms with Crippen LogP contribution in [0, 0.1) is 12.8 Å². The molecule has 1 unspecified atom stereocenters. The highest BCUT2D eigenvalue weighted by Gasteiger charge is 2.24. The van der Waals surface area contributed by atoms with E-state index in [2.05, 4.69) is 27.5 Å². The number of aryl methyl sites for hydroxylation is 1. The average Bonchev–Trinajstić information content (AvgIpc) is 2.91. The Morgan fingerprint density at radius 2 is 2.25 bits per heavy atom. The second kappa shape index (κ2) is 5.68. The molecule has 0 amide bonds. The molecule has 1 aromatic heterocycles. The summed E-state index contributed by atoms with van der Waals surface area (Å²) >= 11 is 1.74. The second-order valence-electron chi connectivity index (χ2n) is 4.45. The summed E-state index contributed by atoms with van der Waals surface area (Å²) in [4.78, 5) is 4.31. The lowest BCUT2D eigenvalue weighted by atomic mass is 10.0. The molecule has 0 aromatic carbocycles. The third-order valence-electron chi connectivity index (χ3n) is 3.31. The van der Waals surface area contributed by atoms with Gasteiger partial charge in [0.2, 0.25) is 5.16 Å². The molecule has 5 heteroatoms. The summed E-state index contributed by atoms with van der Waals surface area (Å²) < 4.78 is 0. The van der Waals surface area contributed by atoms with Crippen molar-refractivity contribution < 1.29 is 0 Å². The maximum atomic E-state index is 4.31. The van der Waals surface area contributed by atoms with Gasteiger partial charge in [-0.2, -0.15) is 0 Å². The molecule has 1 fully saturated rings. The molecule has 2 N–H and O–H groups in total. The first-order valence-corrected chi connectivity index (χ1v) is 6.97. The van der Waals surface area contributed by atoms with Crippen LogP contribution in [0.15, 0.2) is 5.16 Å². The maximum absolute atomic E-state index is 4.31. The molecule has 1 saturated carbocycles. The molecule has 90 valence electrons. The monoisotopic (exact) mass is 240 g/mol. The van der Waals surface area contributed by atoms with Crippen molar-refractivity contribution in [2.24, 2.45) is 5.92 Å². The van der Waals surface area contributed by atoms with Crippen molar-refractivity contribution in [1.29, 1.82) is 0 Å². The summed E-state index contributed by atoms with van der Waals surface area (Å²) in [5.74, 6) is 2.81. The molecule has 0 bridgehead atoms. The van der Waals surface area contributed by atoms with Gasteiger partial charge in [0.05, 0.1) is 0 Å². The quantitative estimate of drug-likeness (QED) is 0.773. The van der Waals surface area contributed by atoms with Gasteiger partial charge >= 0.3 is 0 Å². The van der Waals surface area contributed by atoms with Crippen LogP contribution in [0.1, 0.15) is 31.5 Å². The largest absolute Gasteiger partial charge is 0.316 e. The minimum atomic E-state index is 0.603. The average molecular weight is 240 g/mol. The predicted molar refractivity (Wildman–Crippen MR) is 66.6 cm³/mol. The van der Waals surface area contributed by atoms with Gasteiger partial charge in [0.15, 0.2) is 0 Å². The molecule has 1 aliphatic rings. The van der Waals surface area contributed by atoms with Gasteiger partial charge in [0.25, 0.3) is 0 Å². The zero-order chi connectivity index (χ0) is 11.4. The molecule has 1 atom stereocenters. The molecule has 0 spiro atoms. The molecular weight excluding hydrogens is 220 g/mol. The fraction of sp³-hybridized carbons (Fsp3) is 0.818. The Morgan fingerprint density at radius 1 is 1.50 bits per heavy atom. The van der Waals surface area contributed by atoms with Crippen molar-refractivity contribution in [1.82, 2.24) is 20.5 Å². The van der Waals surface area contributed by atoms with Crippen LogP contribution in [0.4, 0.5) is 0 Å². The summed E-state index contributed by atoms with van der Waals surface area (Å²) in [5, 5.41) is 11.3. The number of hydrogen-bond acceptors (Lipinski definition) is 4. The minimum Gasteiger partial charge on any atom is -0.316 e. The van der Waals surface area contributed by atoms with E-state index in [1.54, 1.807) is 11.8 Å². The van der Waals surface area contributed by atoms with Gasteiger partial charge in [-0.1, -0.05) is 24.6 Å². The van der Waals surface area contributed by atoms with Gasteiger partial charge in [-0.25, -0.2) is 4.98 Å². The van der Waals surface area contributed by atoms with Gasteiger partial charge in [0.1, 0.15) is 5.82 Å². The van der Waals surface area contributed by atoms with Crippen LogP contribution in [0.3, 0.4) is 0 Å². The van der Waals surface area contributed by atoms with Gasteiger partial charge in [0, 0.05) is 11.8 Å². The van der Waals surface area contributed by atoms with E-state index >= 15 is 0 Å². The number of nitrogens with one attached hydrogen (secondary N) is 2. The fourth-order valence-corrected chi connectivity index (χ4v) is 3.45. The van der Waals surface area contributed by atoms with Gasteiger partial charge in [-0.05, 0) is 32.7 Å². The lowest BCUT2D eigenvalue weighted by Gasteiger charge is -2.21. The first-order valence-electron chi connectivity index (χ1n) is 5.98. The van der Waals surface area contributed by atoms with Crippen LogP contribution >= 0.6 is 11.8 Å². The van der Waals surface area contributed by atoms with E-state index in [0.717, 1.165) is 22.7 Å². The summed E-state index contributed by atoms with van der Waals surface area (Å²) in [6.07, 6.45) is 5.54. The Morgan fingerprint density at radius 3 is 2.81 bits per heavy atom. The first kappa shape index (κ1) is 11.9. The van der Waals surface area contributed by atoms with E-state index in [4.69, 9.17) is 0 Å². The standard InChI is InChI=1S/C11H20N4S/c1-8-13-11(15-14-8)16-7-10(12-2)9-5-3-4-6-9/h9-10,12H,3-7H2,1-2H3,(H,13,14,15). The number of aromatic amines is 1. The van der Waals surface area contributed by atoms with E-state index in [-0.39, 0.29) is 0 Å². The van der Waals surface area contributed by atoms with Crippen LogP contribution in [0.2, 0.25) is 0 Å². The maximum Gasteiger partial charge on any atom is 0.208 e. The molecule has 2 rings (SSSR count). The van der Waals surface area contributed by atoms with E-state index in [1.165, 1.54) is 25.7 Å². The van der Waals surface area contributed by atoms with Gasteiger partial charge in [-0.3, -0.25) is 5.10 Å². The van der Waals surface area contributed by atoms with Crippen LogP contribution < -0.4 is 5.32 Å². The first-order chi connectivity index (χ1) is 7.79. The second-order valence-corrected chi connectivity index (χ2v) is 5.44. The highest BCUT2D eigenvalue weighted by molar-refractivity contribution is 7.99. The Hall–Kier alpha value is -0.550. The van der Waals surface area contributed by atoms with E-state index in [9.17, 15) is 0 Å². The Balaban J connectivity index is 1.82. The number of aromatic nitrogens is 3. The molecule has 1 heterocycles. The molecule has 1 aromatic rings. The van der Waals surface area contributed by atoms with Gasteiger partial charge in [-0.15, -0.1) is 5.10 Å². The molecule has 0 radical (unpaired) electrons. The Labute approximate surface area is 101 Å². The van der Waals surface area contributed by atoms with Crippen LogP contribution in [0.5, 0.6) is 0 Å². The molecule has 4 nitrogen and oxygen atoms in total. The Kier molecular flexibility index (Phi) is 4.23. The van der Waals surface area contributed by atoms with E-state index in [0.29, 0.717) is 6.04 Å². The number of thioether (sulfide) groups is 1. The molecular formula is C11H20N4S. The van der Waals surface area contributed by atoms with Crippen molar-refractivity contribution in [3.63, 3.8) is 0 Å². The SMILES string of the molecule is CNC(CSc1n[nH]c(C)n1)C1CCCC1. The number of hydrogen-bond donors (Lipinski definition) is 2. The summed E-state index contributed by atoms with van der Waals surface area (Å²) in [5.41, 5.74) is 0. The zero-order valence-electron chi connectivity index (χ0n) is 9.99. The third-order valence-corrected chi connectivity index (χ3v) is 4.27. The molecule has 1 aliphatic carbocycles. The van der Waals surface area contributed by atoms with E-state index < -0.39 is 0 Å². The number of H-pyrrole nitrogens is 1.